The van der Waals surface area contributed by atoms with Gasteiger partial charge < -0.3 is 10.1 Å². The highest BCUT2D eigenvalue weighted by Gasteiger charge is 2.23. The molecule has 0 bridgehead atoms. The van der Waals surface area contributed by atoms with Crippen LogP contribution in [0, 0.1) is 5.92 Å². The summed E-state index contributed by atoms with van der Waals surface area (Å²) in [6, 6.07) is 2.24. The van der Waals surface area contributed by atoms with Crippen molar-refractivity contribution in [3.63, 3.8) is 0 Å². The molecule has 88 valence electrons. The summed E-state index contributed by atoms with van der Waals surface area (Å²) < 4.78 is 5.12. The quantitative estimate of drug-likeness (QED) is 0.825. The number of methoxy groups -OCH3 is 1. The van der Waals surface area contributed by atoms with Gasteiger partial charge in [0.2, 0.25) is 5.88 Å². The van der Waals surface area contributed by atoms with Crippen molar-refractivity contribution >= 4 is 0 Å². The summed E-state index contributed by atoms with van der Waals surface area (Å²) in [7, 11) is 3.62. The van der Waals surface area contributed by atoms with Gasteiger partial charge in [-0.15, -0.1) is 0 Å². The molecule has 1 unspecified atom stereocenters. The van der Waals surface area contributed by atoms with Gasteiger partial charge in [-0.2, -0.15) is 0 Å². The largest absolute Gasteiger partial charge is 0.481 e. The van der Waals surface area contributed by atoms with Gasteiger partial charge in [-0.1, -0.05) is 19.3 Å². The van der Waals surface area contributed by atoms with E-state index in [2.05, 4.69) is 15.3 Å². The second kappa shape index (κ2) is 5.25. The van der Waals surface area contributed by atoms with Crippen LogP contribution in [-0.2, 0) is 0 Å². The van der Waals surface area contributed by atoms with E-state index >= 15 is 0 Å². The molecule has 1 aromatic heterocycles. The van der Waals surface area contributed by atoms with Crippen molar-refractivity contribution in [1.82, 2.24) is 15.3 Å². The minimum Gasteiger partial charge on any atom is -0.481 e. The zero-order valence-electron chi connectivity index (χ0n) is 9.94. The molecule has 0 aliphatic heterocycles. The highest BCUT2D eigenvalue weighted by Crippen LogP contribution is 2.34. The number of hydrogen-bond acceptors (Lipinski definition) is 4. The van der Waals surface area contributed by atoms with Crippen LogP contribution in [0.4, 0.5) is 0 Å². The number of ether oxygens (including phenoxy) is 1. The minimum atomic E-state index is 0.321. The van der Waals surface area contributed by atoms with Gasteiger partial charge in [-0.25, -0.2) is 9.97 Å². The normalized spacial score (nSPS) is 17.9. The first-order valence-corrected chi connectivity index (χ1v) is 5.86. The Morgan fingerprint density at radius 1 is 1.50 bits per heavy atom. The zero-order chi connectivity index (χ0) is 11.4. The minimum absolute atomic E-state index is 0.321. The summed E-state index contributed by atoms with van der Waals surface area (Å²) in [6.07, 6.45) is 6.84. The first-order chi connectivity index (χ1) is 7.83. The van der Waals surface area contributed by atoms with Crippen LogP contribution in [0.25, 0.3) is 0 Å². The molecule has 1 saturated carbocycles. The Morgan fingerprint density at radius 3 is 2.88 bits per heavy atom. The summed E-state index contributed by atoms with van der Waals surface area (Å²) in [4.78, 5) is 8.34. The maximum atomic E-state index is 5.12. The Morgan fingerprint density at radius 2 is 2.31 bits per heavy atom. The molecule has 1 aliphatic carbocycles. The fourth-order valence-electron chi connectivity index (χ4n) is 2.10. The molecule has 1 N–H and O–H groups in total. The van der Waals surface area contributed by atoms with Crippen LogP contribution < -0.4 is 10.1 Å². The van der Waals surface area contributed by atoms with Gasteiger partial charge in [0, 0.05) is 12.1 Å². The molecule has 1 fully saturated rings. The monoisotopic (exact) mass is 221 g/mol. The molecule has 0 aromatic carbocycles. The van der Waals surface area contributed by atoms with Gasteiger partial charge in [-0.05, 0) is 19.4 Å². The molecule has 4 nitrogen and oxygen atoms in total. The average molecular weight is 221 g/mol. The number of nitrogens with zero attached hydrogens (tertiary/aromatic N) is 2. The Balaban J connectivity index is 2.05. The summed E-state index contributed by atoms with van der Waals surface area (Å²) in [5, 5.41) is 3.32. The van der Waals surface area contributed by atoms with E-state index in [1.54, 1.807) is 13.4 Å². The fourth-order valence-corrected chi connectivity index (χ4v) is 2.10. The molecule has 1 atom stereocenters. The van der Waals surface area contributed by atoms with E-state index in [0.717, 1.165) is 18.0 Å². The molecule has 0 saturated heterocycles. The number of nitrogens with one attached hydrogen (secondary N) is 1. The van der Waals surface area contributed by atoms with Crippen molar-refractivity contribution in [3.05, 3.63) is 18.1 Å². The number of hydrogen-bond donors (Lipinski definition) is 1. The van der Waals surface area contributed by atoms with Crippen molar-refractivity contribution in [3.8, 4) is 5.88 Å². The van der Waals surface area contributed by atoms with Gasteiger partial charge in [0.15, 0.2) is 0 Å². The second-order valence-corrected chi connectivity index (χ2v) is 4.36. The van der Waals surface area contributed by atoms with Gasteiger partial charge >= 0.3 is 0 Å². The first-order valence-electron chi connectivity index (χ1n) is 5.86. The maximum absolute atomic E-state index is 5.12. The molecule has 4 heteroatoms. The van der Waals surface area contributed by atoms with Crippen LogP contribution >= 0.6 is 0 Å². The molecule has 1 heterocycles. The van der Waals surface area contributed by atoms with E-state index in [-0.39, 0.29) is 0 Å². The Bertz CT molecular complexity index is 339. The average Bonchev–Trinajstić information content (AvgIpc) is 2.28. The van der Waals surface area contributed by atoms with Crippen LogP contribution in [0.3, 0.4) is 0 Å². The molecule has 0 amide bonds. The third kappa shape index (κ3) is 2.50. The van der Waals surface area contributed by atoms with E-state index in [4.69, 9.17) is 4.74 Å². The lowest BCUT2D eigenvalue weighted by Crippen LogP contribution is -2.24. The van der Waals surface area contributed by atoms with Gasteiger partial charge in [0.1, 0.15) is 6.33 Å². The molecule has 1 aromatic rings. The number of aromatic nitrogens is 2. The van der Waals surface area contributed by atoms with Crippen molar-refractivity contribution in [2.24, 2.45) is 5.92 Å². The number of rotatable bonds is 5. The molecule has 0 radical (unpaired) electrons. The molecular weight excluding hydrogens is 202 g/mol. The third-order valence-electron chi connectivity index (χ3n) is 3.37. The first kappa shape index (κ1) is 11.3. The van der Waals surface area contributed by atoms with Crippen LogP contribution in [0.15, 0.2) is 12.4 Å². The molecule has 16 heavy (non-hydrogen) atoms. The lowest BCUT2D eigenvalue weighted by Gasteiger charge is -2.29. The Kier molecular flexibility index (Phi) is 3.72. The van der Waals surface area contributed by atoms with Crippen molar-refractivity contribution in [2.45, 2.75) is 31.7 Å². The zero-order valence-corrected chi connectivity index (χ0v) is 9.94. The summed E-state index contributed by atoms with van der Waals surface area (Å²) >= 11 is 0. The SMILES string of the molecule is CNC(CC1CCC1)c1cc(OC)ncn1. The maximum Gasteiger partial charge on any atom is 0.216 e. The predicted octanol–water partition coefficient (Wildman–Crippen LogP) is 1.94. The lowest BCUT2D eigenvalue weighted by atomic mass is 9.80. The lowest BCUT2D eigenvalue weighted by molar-refractivity contribution is 0.263. The van der Waals surface area contributed by atoms with Crippen LogP contribution in [-0.4, -0.2) is 24.1 Å². The van der Waals surface area contributed by atoms with Crippen LogP contribution in [0.2, 0.25) is 0 Å². The summed E-state index contributed by atoms with van der Waals surface area (Å²) in [5.41, 5.74) is 1.03. The van der Waals surface area contributed by atoms with E-state index < -0.39 is 0 Å². The second-order valence-electron chi connectivity index (χ2n) is 4.36. The Labute approximate surface area is 96.4 Å². The summed E-state index contributed by atoms with van der Waals surface area (Å²) in [5.74, 6) is 1.50. The molecular formula is C12H19N3O. The fraction of sp³-hybridized carbons (Fsp3) is 0.667. The smallest absolute Gasteiger partial charge is 0.216 e. The molecule has 2 rings (SSSR count). The van der Waals surface area contributed by atoms with E-state index in [0.29, 0.717) is 11.9 Å². The third-order valence-corrected chi connectivity index (χ3v) is 3.37. The highest BCUT2D eigenvalue weighted by molar-refractivity contribution is 5.16. The van der Waals surface area contributed by atoms with Gasteiger partial charge in [0.05, 0.1) is 12.8 Å². The van der Waals surface area contributed by atoms with Gasteiger partial charge in [0.25, 0.3) is 0 Å². The van der Waals surface area contributed by atoms with Gasteiger partial charge in [-0.3, -0.25) is 0 Å². The topological polar surface area (TPSA) is 47.0 Å². The van der Waals surface area contributed by atoms with Crippen molar-refractivity contribution in [2.75, 3.05) is 14.2 Å². The molecule has 1 aliphatic rings. The van der Waals surface area contributed by atoms with E-state index in [9.17, 15) is 0 Å². The standard InChI is InChI=1S/C12H19N3O/c1-13-10(6-9-4-3-5-9)11-7-12(16-2)15-8-14-11/h7-10,13H,3-6H2,1-2H3. The van der Waals surface area contributed by atoms with Crippen molar-refractivity contribution < 1.29 is 4.74 Å². The van der Waals surface area contributed by atoms with E-state index in [1.165, 1.54) is 19.3 Å². The van der Waals surface area contributed by atoms with E-state index in [1.807, 2.05) is 13.1 Å². The van der Waals surface area contributed by atoms with Crippen molar-refractivity contribution in [1.29, 1.82) is 0 Å². The summed E-state index contributed by atoms with van der Waals surface area (Å²) in [6.45, 7) is 0. The molecule has 0 spiro atoms. The highest BCUT2D eigenvalue weighted by atomic mass is 16.5. The predicted molar refractivity (Wildman–Crippen MR) is 62.3 cm³/mol. The van der Waals surface area contributed by atoms with Crippen LogP contribution in [0.5, 0.6) is 5.88 Å². The Hall–Kier alpha value is -1.16. The van der Waals surface area contributed by atoms with Crippen LogP contribution in [0.1, 0.15) is 37.4 Å².